The van der Waals surface area contributed by atoms with Gasteiger partial charge in [0.2, 0.25) is 0 Å². The molecule has 0 saturated carbocycles. The van der Waals surface area contributed by atoms with Crippen molar-refractivity contribution in [1.82, 2.24) is 4.57 Å². The zero-order valence-electron chi connectivity index (χ0n) is 26.3. The summed E-state index contributed by atoms with van der Waals surface area (Å²) in [7, 11) is 0. The highest BCUT2D eigenvalue weighted by atomic mass is 127. The van der Waals surface area contributed by atoms with Crippen LogP contribution in [-0.2, 0) is 16.1 Å². The van der Waals surface area contributed by atoms with Crippen molar-refractivity contribution in [3.05, 3.63) is 135 Å². The highest BCUT2D eigenvalue weighted by molar-refractivity contribution is 14.1. The highest BCUT2D eigenvalue weighted by Gasteiger charge is 2.35. The molecule has 0 radical (unpaired) electrons. The molecule has 1 aliphatic heterocycles. The molecule has 0 N–H and O–H groups in total. The first-order valence-electron chi connectivity index (χ1n) is 15.2. The Labute approximate surface area is 298 Å². The lowest BCUT2D eigenvalue weighted by Gasteiger charge is -2.26. The molecule has 0 amide bonds. The van der Waals surface area contributed by atoms with E-state index < -0.39 is 12.0 Å². The molecule has 0 bridgehead atoms. The fourth-order valence-electron chi connectivity index (χ4n) is 5.59. The van der Waals surface area contributed by atoms with Gasteiger partial charge in [-0.1, -0.05) is 65.9 Å². The second-order valence-corrected chi connectivity index (χ2v) is 14.3. The van der Waals surface area contributed by atoms with E-state index in [1.54, 1.807) is 18.4 Å². The van der Waals surface area contributed by atoms with Crippen molar-refractivity contribution in [2.75, 3.05) is 6.61 Å². The largest absolute Gasteiger partial charge is 0.491 e. The van der Waals surface area contributed by atoms with Crippen LogP contribution in [0.5, 0.6) is 11.5 Å². The van der Waals surface area contributed by atoms with E-state index in [4.69, 9.17) is 19.2 Å². The second kappa shape index (κ2) is 14.2. The standard InChI is InChI=1S/C37H32BrIN2O5S/c1-5-44-36(43)32-22(4)40-37-41(33(32)27-12-8-9-13-30(27)46-21(2)3)35(42)31(47-37)19-24-17-28(38)34(29(39)18-24)45-20-23-14-15-25-10-6-7-11-26(25)16-23/h6-19,21,33H,5,20H2,1-4H3/b31-19+/t33-/m1/s1. The van der Waals surface area contributed by atoms with Crippen LogP contribution in [0.2, 0.25) is 0 Å². The maximum atomic E-state index is 14.2. The van der Waals surface area contributed by atoms with Crippen molar-refractivity contribution in [2.45, 2.75) is 46.4 Å². The van der Waals surface area contributed by atoms with E-state index in [0.29, 0.717) is 38.5 Å². The molecule has 1 aromatic heterocycles. The van der Waals surface area contributed by atoms with Crippen LogP contribution in [0, 0.1) is 3.57 Å². The topological polar surface area (TPSA) is 79.1 Å². The van der Waals surface area contributed by atoms with Crippen molar-refractivity contribution in [2.24, 2.45) is 4.99 Å². The minimum atomic E-state index is -0.764. The average molecular weight is 824 g/mol. The second-order valence-electron chi connectivity index (χ2n) is 11.3. The molecule has 4 aromatic carbocycles. The number of benzene rings is 4. The van der Waals surface area contributed by atoms with Crippen LogP contribution in [-0.4, -0.2) is 23.2 Å². The van der Waals surface area contributed by atoms with Gasteiger partial charge in [0.05, 0.1) is 36.6 Å². The first kappa shape index (κ1) is 33.2. The number of hydrogen-bond donors (Lipinski definition) is 0. The molecule has 47 heavy (non-hydrogen) atoms. The third-order valence-corrected chi connectivity index (χ3v) is 9.98. The van der Waals surface area contributed by atoms with E-state index in [-0.39, 0.29) is 18.3 Å². The lowest BCUT2D eigenvalue weighted by molar-refractivity contribution is -0.139. The van der Waals surface area contributed by atoms with Crippen LogP contribution in [0.3, 0.4) is 0 Å². The van der Waals surface area contributed by atoms with Crippen molar-refractivity contribution in [3.63, 3.8) is 0 Å². The van der Waals surface area contributed by atoms with Gasteiger partial charge < -0.3 is 14.2 Å². The Balaban J connectivity index is 1.38. The van der Waals surface area contributed by atoms with Gasteiger partial charge in [-0.2, -0.15) is 0 Å². The number of allylic oxidation sites excluding steroid dienone is 1. The van der Waals surface area contributed by atoms with Gasteiger partial charge in [-0.25, -0.2) is 9.79 Å². The monoisotopic (exact) mass is 822 g/mol. The minimum absolute atomic E-state index is 0.108. The number of esters is 1. The van der Waals surface area contributed by atoms with Gasteiger partial charge in [0, 0.05) is 5.56 Å². The van der Waals surface area contributed by atoms with Gasteiger partial charge in [0.1, 0.15) is 24.1 Å². The number of halogens is 2. The predicted molar refractivity (Wildman–Crippen MR) is 198 cm³/mol. The van der Waals surface area contributed by atoms with Crippen LogP contribution in [0.1, 0.15) is 50.4 Å². The summed E-state index contributed by atoms with van der Waals surface area (Å²) in [6, 6.07) is 25.2. The number of fused-ring (bicyclic) bond motifs is 2. The molecule has 0 spiro atoms. The molecule has 2 heterocycles. The number of carbonyl (C=O) groups excluding carboxylic acids is 1. The molecule has 0 unspecified atom stereocenters. The van der Waals surface area contributed by atoms with Gasteiger partial charge in [-0.15, -0.1) is 0 Å². The maximum Gasteiger partial charge on any atom is 0.338 e. The van der Waals surface area contributed by atoms with Gasteiger partial charge in [-0.05, 0) is 118 Å². The Morgan fingerprint density at radius 1 is 1.06 bits per heavy atom. The number of aromatic nitrogens is 1. The van der Waals surface area contributed by atoms with E-state index in [2.05, 4.69) is 68.9 Å². The Morgan fingerprint density at radius 3 is 2.55 bits per heavy atom. The third-order valence-electron chi connectivity index (χ3n) is 7.61. The van der Waals surface area contributed by atoms with Crippen molar-refractivity contribution < 1.29 is 19.0 Å². The Bertz CT molecular complexity index is 2200. The number of thiazole rings is 1. The maximum absolute atomic E-state index is 14.2. The summed E-state index contributed by atoms with van der Waals surface area (Å²) in [5.41, 5.74) is 3.16. The number of carbonyl (C=O) groups is 1. The summed E-state index contributed by atoms with van der Waals surface area (Å²) in [6.07, 6.45) is 1.74. The van der Waals surface area contributed by atoms with Crippen LogP contribution in [0.4, 0.5) is 0 Å². The summed E-state index contributed by atoms with van der Waals surface area (Å²) in [5, 5.41) is 2.36. The predicted octanol–water partition coefficient (Wildman–Crippen LogP) is 7.68. The van der Waals surface area contributed by atoms with Gasteiger partial charge in [-0.3, -0.25) is 9.36 Å². The van der Waals surface area contributed by atoms with E-state index in [1.807, 2.05) is 68.5 Å². The number of rotatable bonds is 9. The molecule has 1 aliphatic rings. The van der Waals surface area contributed by atoms with E-state index >= 15 is 0 Å². The fourth-order valence-corrected chi connectivity index (χ4v) is 8.41. The number of ether oxygens (including phenoxy) is 3. The van der Waals surface area contributed by atoms with Crippen LogP contribution in [0.15, 0.2) is 104 Å². The quantitative estimate of drug-likeness (QED) is 0.113. The first-order chi connectivity index (χ1) is 22.6. The number of hydrogen-bond acceptors (Lipinski definition) is 7. The van der Waals surface area contributed by atoms with E-state index in [1.165, 1.54) is 22.1 Å². The zero-order chi connectivity index (χ0) is 33.2. The average Bonchev–Trinajstić information content (AvgIpc) is 3.33. The van der Waals surface area contributed by atoms with E-state index in [9.17, 15) is 9.59 Å². The number of nitrogens with zero attached hydrogens (tertiary/aromatic N) is 2. The molecular weight excluding hydrogens is 791 g/mol. The fraction of sp³-hybridized carbons (Fsp3) is 0.216. The molecule has 1 atom stereocenters. The van der Waals surface area contributed by atoms with E-state index in [0.717, 1.165) is 24.9 Å². The van der Waals surface area contributed by atoms with Crippen molar-refractivity contribution in [3.8, 4) is 11.5 Å². The van der Waals surface area contributed by atoms with Crippen LogP contribution < -0.4 is 24.4 Å². The lowest BCUT2D eigenvalue weighted by Crippen LogP contribution is -2.40. The molecular formula is C37H32BrIN2O5S. The zero-order valence-corrected chi connectivity index (χ0v) is 30.8. The highest BCUT2D eigenvalue weighted by Crippen LogP contribution is 2.37. The van der Waals surface area contributed by atoms with Crippen LogP contribution in [0.25, 0.3) is 16.8 Å². The summed E-state index contributed by atoms with van der Waals surface area (Å²) in [5.74, 6) is 0.815. The Kier molecular flexibility index (Phi) is 10.00. The molecule has 7 nitrogen and oxygen atoms in total. The number of para-hydroxylation sites is 1. The summed E-state index contributed by atoms with van der Waals surface area (Å²) in [4.78, 5) is 32.7. The summed E-state index contributed by atoms with van der Waals surface area (Å²) in [6.45, 7) is 8.03. The summed E-state index contributed by atoms with van der Waals surface area (Å²) >= 11 is 7.23. The van der Waals surface area contributed by atoms with Gasteiger partial charge >= 0.3 is 5.97 Å². The molecule has 6 rings (SSSR count). The van der Waals surface area contributed by atoms with Gasteiger partial charge in [0.15, 0.2) is 4.80 Å². The first-order valence-corrected chi connectivity index (χ1v) is 17.9. The molecule has 10 heteroatoms. The lowest BCUT2D eigenvalue weighted by atomic mass is 9.95. The van der Waals surface area contributed by atoms with Crippen LogP contribution >= 0.6 is 49.9 Å². The van der Waals surface area contributed by atoms with Gasteiger partial charge in [0.25, 0.3) is 5.56 Å². The summed E-state index contributed by atoms with van der Waals surface area (Å²) < 4.78 is 21.6. The third kappa shape index (κ3) is 6.95. The Morgan fingerprint density at radius 2 is 1.81 bits per heavy atom. The smallest absolute Gasteiger partial charge is 0.338 e. The molecule has 240 valence electrons. The van der Waals surface area contributed by atoms with Crippen molar-refractivity contribution in [1.29, 1.82) is 0 Å². The SMILES string of the molecule is CCOC(=O)C1=C(C)N=c2s/c(=C/c3cc(Br)c(OCc4ccc5ccccc5c4)c(I)c3)c(=O)n2[C@@H]1c1ccccc1OC(C)C. The molecule has 0 fully saturated rings. The van der Waals surface area contributed by atoms with Crippen molar-refractivity contribution >= 4 is 72.7 Å². The molecule has 0 saturated heterocycles. The molecule has 5 aromatic rings. The molecule has 0 aliphatic carbocycles. The minimum Gasteiger partial charge on any atom is -0.491 e. The normalized spacial score (nSPS) is 14.7. The Hall–Kier alpha value is -3.74.